The Kier molecular flexibility index (Phi) is 4.28. The van der Waals surface area contributed by atoms with E-state index in [1.165, 1.54) is 5.56 Å². The Bertz CT molecular complexity index is 427. The number of hydrogen-bond acceptors (Lipinski definition) is 2. The highest BCUT2D eigenvalue weighted by Crippen LogP contribution is 2.18. The molecule has 2 rings (SSSR count). The standard InChI is InChI=1S/C15H17NO/c17-15(14-6-2-1-3-7-14)8-4-5-13-9-11-16-12-10-13/h1-3,6-7,9-12,15,17H,4-5,8H2. The van der Waals surface area contributed by atoms with Crippen LogP contribution in [0.1, 0.15) is 30.1 Å². The molecule has 0 aliphatic rings. The van der Waals surface area contributed by atoms with Gasteiger partial charge in [-0.05, 0) is 42.5 Å². The van der Waals surface area contributed by atoms with Gasteiger partial charge in [-0.25, -0.2) is 0 Å². The van der Waals surface area contributed by atoms with Crippen LogP contribution in [-0.4, -0.2) is 10.1 Å². The van der Waals surface area contributed by atoms with Crippen molar-refractivity contribution >= 4 is 0 Å². The maximum Gasteiger partial charge on any atom is 0.0790 e. The maximum atomic E-state index is 9.99. The number of benzene rings is 1. The van der Waals surface area contributed by atoms with Crippen molar-refractivity contribution in [3.63, 3.8) is 0 Å². The normalized spacial score (nSPS) is 12.3. The fourth-order valence-electron chi connectivity index (χ4n) is 1.89. The highest BCUT2D eigenvalue weighted by Gasteiger charge is 2.06. The van der Waals surface area contributed by atoms with Crippen LogP contribution < -0.4 is 0 Å². The second kappa shape index (κ2) is 6.16. The Morgan fingerprint density at radius 1 is 1.00 bits per heavy atom. The zero-order valence-corrected chi connectivity index (χ0v) is 9.79. The van der Waals surface area contributed by atoms with Crippen molar-refractivity contribution in [3.8, 4) is 0 Å². The number of hydrogen-bond donors (Lipinski definition) is 1. The number of rotatable bonds is 5. The lowest BCUT2D eigenvalue weighted by Crippen LogP contribution is -1.98. The quantitative estimate of drug-likeness (QED) is 0.851. The van der Waals surface area contributed by atoms with Crippen molar-refractivity contribution in [2.24, 2.45) is 0 Å². The molecule has 0 spiro atoms. The molecular formula is C15H17NO. The summed E-state index contributed by atoms with van der Waals surface area (Å²) < 4.78 is 0. The van der Waals surface area contributed by atoms with Crippen LogP contribution in [-0.2, 0) is 6.42 Å². The molecule has 2 aromatic rings. The van der Waals surface area contributed by atoms with E-state index in [0.717, 1.165) is 24.8 Å². The lowest BCUT2D eigenvalue weighted by molar-refractivity contribution is 0.164. The van der Waals surface area contributed by atoms with Gasteiger partial charge in [0.25, 0.3) is 0 Å². The third kappa shape index (κ3) is 3.68. The predicted molar refractivity (Wildman–Crippen MR) is 68.6 cm³/mol. The average Bonchev–Trinajstić information content (AvgIpc) is 2.41. The lowest BCUT2D eigenvalue weighted by Gasteiger charge is -2.10. The summed E-state index contributed by atoms with van der Waals surface area (Å²) in [5, 5.41) is 9.99. The van der Waals surface area contributed by atoms with Gasteiger partial charge in [0.1, 0.15) is 0 Å². The van der Waals surface area contributed by atoms with Crippen LogP contribution in [0.3, 0.4) is 0 Å². The first-order valence-corrected chi connectivity index (χ1v) is 5.98. The van der Waals surface area contributed by atoms with Crippen LogP contribution in [0.15, 0.2) is 54.9 Å². The zero-order chi connectivity index (χ0) is 11.9. The van der Waals surface area contributed by atoms with Crippen molar-refractivity contribution in [2.75, 3.05) is 0 Å². The summed E-state index contributed by atoms with van der Waals surface area (Å²) >= 11 is 0. The minimum Gasteiger partial charge on any atom is -0.388 e. The molecule has 0 aliphatic carbocycles. The van der Waals surface area contributed by atoms with Gasteiger partial charge in [-0.3, -0.25) is 4.98 Å². The fourth-order valence-corrected chi connectivity index (χ4v) is 1.89. The number of aliphatic hydroxyl groups is 1. The SMILES string of the molecule is OC(CCCc1ccncc1)c1ccccc1. The molecular weight excluding hydrogens is 210 g/mol. The van der Waals surface area contributed by atoms with Crippen LogP contribution in [0.25, 0.3) is 0 Å². The number of pyridine rings is 1. The molecule has 0 radical (unpaired) electrons. The monoisotopic (exact) mass is 227 g/mol. The summed E-state index contributed by atoms with van der Waals surface area (Å²) in [6.07, 6.45) is 6.04. The Hall–Kier alpha value is -1.67. The second-order valence-corrected chi connectivity index (χ2v) is 4.17. The van der Waals surface area contributed by atoms with E-state index in [2.05, 4.69) is 4.98 Å². The highest BCUT2D eigenvalue weighted by atomic mass is 16.3. The highest BCUT2D eigenvalue weighted by molar-refractivity contribution is 5.17. The van der Waals surface area contributed by atoms with Gasteiger partial charge in [-0.2, -0.15) is 0 Å². The van der Waals surface area contributed by atoms with E-state index in [9.17, 15) is 5.11 Å². The number of aryl methyl sites for hydroxylation is 1. The molecule has 0 saturated heterocycles. The van der Waals surface area contributed by atoms with Crippen LogP contribution in [0.4, 0.5) is 0 Å². The minimum atomic E-state index is -0.349. The molecule has 1 heterocycles. The molecule has 88 valence electrons. The Morgan fingerprint density at radius 2 is 1.71 bits per heavy atom. The Balaban J connectivity index is 1.79. The van der Waals surface area contributed by atoms with Crippen molar-refractivity contribution in [1.82, 2.24) is 4.98 Å². The molecule has 2 nitrogen and oxygen atoms in total. The van der Waals surface area contributed by atoms with Crippen LogP contribution in [0.2, 0.25) is 0 Å². The first-order valence-electron chi connectivity index (χ1n) is 5.98. The van der Waals surface area contributed by atoms with Gasteiger partial charge in [0.2, 0.25) is 0 Å². The van der Waals surface area contributed by atoms with Crippen molar-refractivity contribution < 1.29 is 5.11 Å². The number of aromatic nitrogens is 1. The topological polar surface area (TPSA) is 33.1 Å². The van der Waals surface area contributed by atoms with Gasteiger partial charge < -0.3 is 5.11 Å². The van der Waals surface area contributed by atoms with E-state index in [0.29, 0.717) is 0 Å². The predicted octanol–water partition coefficient (Wildman–Crippen LogP) is 3.14. The smallest absolute Gasteiger partial charge is 0.0790 e. The summed E-state index contributed by atoms with van der Waals surface area (Å²) in [7, 11) is 0. The van der Waals surface area contributed by atoms with E-state index in [-0.39, 0.29) is 6.10 Å². The van der Waals surface area contributed by atoms with E-state index < -0.39 is 0 Å². The van der Waals surface area contributed by atoms with E-state index in [1.807, 2.05) is 54.9 Å². The third-order valence-corrected chi connectivity index (χ3v) is 2.88. The molecule has 2 heteroatoms. The summed E-state index contributed by atoms with van der Waals surface area (Å²) in [4.78, 5) is 3.99. The first-order chi connectivity index (χ1) is 8.36. The number of aliphatic hydroxyl groups excluding tert-OH is 1. The molecule has 0 aliphatic heterocycles. The van der Waals surface area contributed by atoms with Crippen molar-refractivity contribution in [2.45, 2.75) is 25.4 Å². The minimum absolute atomic E-state index is 0.349. The van der Waals surface area contributed by atoms with Gasteiger partial charge in [0.05, 0.1) is 6.10 Å². The summed E-state index contributed by atoms with van der Waals surface area (Å²) in [6, 6.07) is 13.9. The molecule has 0 saturated carbocycles. The van der Waals surface area contributed by atoms with Crippen LogP contribution in [0, 0.1) is 0 Å². The first kappa shape index (κ1) is 11.8. The largest absolute Gasteiger partial charge is 0.388 e. The molecule has 0 fully saturated rings. The molecule has 17 heavy (non-hydrogen) atoms. The maximum absolute atomic E-state index is 9.99. The summed E-state index contributed by atoms with van der Waals surface area (Å²) in [5.74, 6) is 0. The molecule has 1 unspecified atom stereocenters. The Morgan fingerprint density at radius 3 is 2.41 bits per heavy atom. The molecule has 1 atom stereocenters. The summed E-state index contributed by atoms with van der Waals surface area (Å²) in [5.41, 5.74) is 2.28. The van der Waals surface area contributed by atoms with Gasteiger partial charge in [-0.15, -0.1) is 0 Å². The van der Waals surface area contributed by atoms with Gasteiger partial charge >= 0.3 is 0 Å². The third-order valence-electron chi connectivity index (χ3n) is 2.88. The van der Waals surface area contributed by atoms with Crippen molar-refractivity contribution in [3.05, 3.63) is 66.0 Å². The van der Waals surface area contributed by atoms with Gasteiger partial charge in [-0.1, -0.05) is 30.3 Å². The molecule has 1 aromatic carbocycles. The van der Waals surface area contributed by atoms with Crippen molar-refractivity contribution in [1.29, 1.82) is 0 Å². The van der Waals surface area contributed by atoms with Gasteiger partial charge in [0.15, 0.2) is 0 Å². The van der Waals surface area contributed by atoms with Crippen LogP contribution >= 0.6 is 0 Å². The van der Waals surface area contributed by atoms with Gasteiger partial charge in [0, 0.05) is 12.4 Å². The lowest BCUT2D eigenvalue weighted by atomic mass is 10.0. The molecule has 1 aromatic heterocycles. The zero-order valence-electron chi connectivity index (χ0n) is 9.79. The molecule has 0 amide bonds. The van der Waals surface area contributed by atoms with E-state index in [1.54, 1.807) is 0 Å². The Labute approximate surface area is 102 Å². The average molecular weight is 227 g/mol. The molecule has 1 N–H and O–H groups in total. The number of nitrogens with zero attached hydrogens (tertiary/aromatic N) is 1. The van der Waals surface area contributed by atoms with E-state index in [4.69, 9.17) is 0 Å². The van der Waals surface area contributed by atoms with E-state index >= 15 is 0 Å². The fraction of sp³-hybridized carbons (Fsp3) is 0.267. The second-order valence-electron chi connectivity index (χ2n) is 4.17. The van der Waals surface area contributed by atoms with Crippen LogP contribution in [0.5, 0.6) is 0 Å². The molecule has 0 bridgehead atoms. The summed E-state index contributed by atoms with van der Waals surface area (Å²) in [6.45, 7) is 0.